The third-order valence-corrected chi connectivity index (χ3v) is 4.42. The maximum Gasteiger partial charge on any atom is 0.151 e. The molecule has 0 aliphatic rings. The van der Waals surface area contributed by atoms with E-state index in [1.807, 2.05) is 31.2 Å². The fourth-order valence-corrected chi connectivity index (χ4v) is 3.49. The molecule has 0 bridgehead atoms. The normalized spacial score (nSPS) is 11.5. The number of aryl methyl sites for hydroxylation is 1. The van der Waals surface area contributed by atoms with Crippen molar-refractivity contribution in [1.82, 2.24) is 9.97 Å². The standard InChI is InChI=1S/C18H13BrClN3O/c1-10-3-4-15-16(5-10)23-18(22-15)12(9-21)6-11-7-13(19)17(24-2)14(20)8-11/h3-8H,1-2H3,(H,22,23). The molecular weight excluding hydrogens is 390 g/mol. The van der Waals surface area contributed by atoms with Crippen LogP contribution < -0.4 is 4.74 Å². The van der Waals surface area contributed by atoms with Crippen LogP contribution in [0, 0.1) is 18.3 Å². The highest BCUT2D eigenvalue weighted by Crippen LogP contribution is 2.35. The topological polar surface area (TPSA) is 61.7 Å². The summed E-state index contributed by atoms with van der Waals surface area (Å²) < 4.78 is 5.94. The predicted octanol–water partition coefficient (Wildman–Crippen LogP) is 5.36. The van der Waals surface area contributed by atoms with Crippen molar-refractivity contribution in [2.24, 2.45) is 0 Å². The summed E-state index contributed by atoms with van der Waals surface area (Å²) in [7, 11) is 1.55. The van der Waals surface area contributed by atoms with Crippen molar-refractivity contribution in [3.8, 4) is 11.8 Å². The molecule has 1 aromatic heterocycles. The first-order chi connectivity index (χ1) is 11.5. The first-order valence-electron chi connectivity index (χ1n) is 7.13. The quantitative estimate of drug-likeness (QED) is 0.600. The Balaban J connectivity index is 2.07. The number of halogens is 2. The van der Waals surface area contributed by atoms with Crippen LogP contribution >= 0.6 is 27.5 Å². The molecule has 120 valence electrons. The minimum Gasteiger partial charge on any atom is -0.494 e. The minimum absolute atomic E-state index is 0.428. The number of ether oxygens (including phenoxy) is 1. The maximum absolute atomic E-state index is 9.51. The number of fused-ring (bicyclic) bond motifs is 1. The van der Waals surface area contributed by atoms with E-state index in [0.29, 0.717) is 22.2 Å². The number of hydrogen-bond acceptors (Lipinski definition) is 3. The smallest absolute Gasteiger partial charge is 0.151 e. The molecular formula is C18H13BrClN3O. The first kappa shape index (κ1) is 16.6. The number of methoxy groups -OCH3 is 1. The summed E-state index contributed by atoms with van der Waals surface area (Å²) in [6, 6.07) is 11.7. The van der Waals surface area contributed by atoms with Crippen molar-refractivity contribution < 1.29 is 4.74 Å². The van der Waals surface area contributed by atoms with E-state index in [2.05, 4.69) is 32.0 Å². The van der Waals surface area contributed by atoms with Gasteiger partial charge in [0.05, 0.1) is 33.2 Å². The molecule has 1 N–H and O–H groups in total. The maximum atomic E-state index is 9.51. The zero-order chi connectivity index (χ0) is 17.3. The summed E-state index contributed by atoms with van der Waals surface area (Å²) in [6.45, 7) is 2.01. The Morgan fingerprint density at radius 2 is 2.17 bits per heavy atom. The Morgan fingerprint density at radius 1 is 1.38 bits per heavy atom. The highest BCUT2D eigenvalue weighted by molar-refractivity contribution is 9.10. The van der Waals surface area contributed by atoms with E-state index in [1.165, 1.54) is 0 Å². The van der Waals surface area contributed by atoms with Gasteiger partial charge < -0.3 is 9.72 Å². The fourth-order valence-electron chi connectivity index (χ4n) is 2.43. The zero-order valence-electron chi connectivity index (χ0n) is 13.0. The molecule has 0 unspecified atom stereocenters. The summed E-state index contributed by atoms with van der Waals surface area (Å²) in [6.07, 6.45) is 1.74. The number of hydrogen-bond donors (Lipinski definition) is 1. The van der Waals surface area contributed by atoms with Crippen molar-refractivity contribution in [1.29, 1.82) is 5.26 Å². The highest BCUT2D eigenvalue weighted by atomic mass is 79.9. The van der Waals surface area contributed by atoms with Gasteiger partial charge in [-0.15, -0.1) is 0 Å². The molecule has 0 amide bonds. The van der Waals surface area contributed by atoms with E-state index in [9.17, 15) is 5.26 Å². The third kappa shape index (κ3) is 3.16. The van der Waals surface area contributed by atoms with Crippen molar-refractivity contribution in [3.63, 3.8) is 0 Å². The first-order valence-corrected chi connectivity index (χ1v) is 8.30. The van der Waals surface area contributed by atoms with E-state index in [0.717, 1.165) is 26.6 Å². The van der Waals surface area contributed by atoms with Crippen LogP contribution in [0.15, 0.2) is 34.8 Å². The predicted molar refractivity (Wildman–Crippen MR) is 100 cm³/mol. The van der Waals surface area contributed by atoms with Crippen LogP contribution in [0.25, 0.3) is 22.7 Å². The summed E-state index contributed by atoms with van der Waals surface area (Å²) in [4.78, 5) is 7.67. The molecule has 1 heterocycles. The van der Waals surface area contributed by atoms with Gasteiger partial charge >= 0.3 is 0 Å². The lowest BCUT2D eigenvalue weighted by molar-refractivity contribution is 0.412. The van der Waals surface area contributed by atoms with Gasteiger partial charge in [0.1, 0.15) is 11.9 Å². The summed E-state index contributed by atoms with van der Waals surface area (Å²) in [5, 5.41) is 9.98. The molecule has 3 rings (SSSR count). The Kier molecular flexibility index (Phi) is 4.61. The van der Waals surface area contributed by atoms with Crippen molar-refractivity contribution in [2.45, 2.75) is 6.92 Å². The Labute approximate surface area is 152 Å². The molecule has 6 heteroatoms. The van der Waals surface area contributed by atoms with Crippen molar-refractivity contribution in [3.05, 3.63) is 56.8 Å². The van der Waals surface area contributed by atoms with Gasteiger partial charge in [-0.25, -0.2) is 4.98 Å². The second-order valence-electron chi connectivity index (χ2n) is 5.29. The van der Waals surface area contributed by atoms with Gasteiger partial charge in [0.2, 0.25) is 0 Å². The number of allylic oxidation sites excluding steroid dienone is 1. The molecule has 0 atom stereocenters. The summed E-state index contributed by atoms with van der Waals surface area (Å²) in [5.41, 5.74) is 4.06. The number of nitrogens with zero attached hydrogens (tertiary/aromatic N) is 2. The lowest BCUT2D eigenvalue weighted by Crippen LogP contribution is -1.88. The van der Waals surface area contributed by atoms with Gasteiger partial charge in [-0.05, 0) is 64.3 Å². The largest absolute Gasteiger partial charge is 0.494 e. The van der Waals surface area contributed by atoms with E-state index >= 15 is 0 Å². The molecule has 4 nitrogen and oxygen atoms in total. The van der Waals surface area contributed by atoms with Crippen LogP contribution in [0.3, 0.4) is 0 Å². The third-order valence-electron chi connectivity index (χ3n) is 3.55. The Morgan fingerprint density at radius 3 is 2.83 bits per heavy atom. The molecule has 2 aromatic carbocycles. The van der Waals surface area contributed by atoms with E-state index in [4.69, 9.17) is 16.3 Å². The molecule has 0 fully saturated rings. The minimum atomic E-state index is 0.428. The van der Waals surface area contributed by atoms with Crippen LogP contribution in [0.5, 0.6) is 5.75 Å². The SMILES string of the molecule is COc1c(Cl)cc(C=C(C#N)c2nc3ccc(C)cc3[nH]2)cc1Br. The monoisotopic (exact) mass is 401 g/mol. The van der Waals surface area contributed by atoms with Crippen LogP contribution in [0.1, 0.15) is 17.0 Å². The van der Waals surface area contributed by atoms with Gasteiger partial charge in [0.15, 0.2) is 5.75 Å². The average molecular weight is 403 g/mol. The molecule has 0 aliphatic carbocycles. The van der Waals surface area contributed by atoms with E-state index < -0.39 is 0 Å². The number of nitrogens with one attached hydrogen (secondary N) is 1. The van der Waals surface area contributed by atoms with Gasteiger partial charge in [-0.3, -0.25) is 0 Å². The summed E-state index contributed by atoms with van der Waals surface area (Å²) >= 11 is 9.62. The Bertz CT molecular complexity index is 978. The van der Waals surface area contributed by atoms with Gasteiger partial charge in [-0.2, -0.15) is 5.26 Å². The molecule has 0 aliphatic heterocycles. The molecule has 3 aromatic rings. The van der Waals surface area contributed by atoms with Crippen molar-refractivity contribution in [2.75, 3.05) is 7.11 Å². The lowest BCUT2D eigenvalue weighted by Gasteiger charge is -2.07. The van der Waals surface area contributed by atoms with Crippen LogP contribution in [-0.4, -0.2) is 17.1 Å². The number of rotatable bonds is 3. The number of aromatic nitrogens is 2. The second kappa shape index (κ2) is 6.68. The lowest BCUT2D eigenvalue weighted by atomic mass is 10.1. The number of H-pyrrole nitrogens is 1. The number of imidazole rings is 1. The van der Waals surface area contributed by atoms with Gasteiger partial charge in [-0.1, -0.05) is 17.7 Å². The Hall–Kier alpha value is -2.29. The van der Waals surface area contributed by atoms with E-state index in [1.54, 1.807) is 19.3 Å². The molecule has 0 spiro atoms. The van der Waals surface area contributed by atoms with Crippen molar-refractivity contribution >= 4 is 50.2 Å². The number of nitriles is 1. The van der Waals surface area contributed by atoms with Crippen LogP contribution in [0.2, 0.25) is 5.02 Å². The number of benzene rings is 2. The average Bonchev–Trinajstić information content (AvgIpc) is 2.95. The fraction of sp³-hybridized carbons (Fsp3) is 0.111. The zero-order valence-corrected chi connectivity index (χ0v) is 15.4. The van der Waals surface area contributed by atoms with E-state index in [-0.39, 0.29) is 0 Å². The highest BCUT2D eigenvalue weighted by Gasteiger charge is 2.11. The molecule has 0 saturated carbocycles. The molecule has 0 saturated heterocycles. The van der Waals surface area contributed by atoms with Crippen LogP contribution in [-0.2, 0) is 0 Å². The summed E-state index contributed by atoms with van der Waals surface area (Å²) in [5.74, 6) is 1.09. The van der Waals surface area contributed by atoms with Gasteiger partial charge in [0, 0.05) is 0 Å². The number of aromatic amines is 1. The van der Waals surface area contributed by atoms with Crippen LogP contribution in [0.4, 0.5) is 0 Å². The van der Waals surface area contributed by atoms with Gasteiger partial charge in [0.25, 0.3) is 0 Å². The second-order valence-corrected chi connectivity index (χ2v) is 6.56. The molecule has 0 radical (unpaired) electrons. The molecule has 24 heavy (non-hydrogen) atoms.